The van der Waals surface area contributed by atoms with Gasteiger partial charge in [-0.25, -0.2) is 4.79 Å². The minimum atomic E-state index is -1.36. The Balaban J connectivity index is 4.35. The fourth-order valence-electron chi connectivity index (χ4n) is 1.52. The maximum Gasteiger partial charge on any atom is 0.326 e. The predicted octanol–water partition coefficient (Wildman–Crippen LogP) is -2.93. The van der Waals surface area contributed by atoms with Gasteiger partial charge in [0.25, 0.3) is 0 Å². The van der Waals surface area contributed by atoms with E-state index in [9.17, 15) is 24.0 Å². The molecule has 25 heavy (non-hydrogen) atoms. The molecule has 0 aliphatic rings. The van der Waals surface area contributed by atoms with Gasteiger partial charge < -0.3 is 31.5 Å². The molecule has 0 aromatic heterocycles. The quantitative estimate of drug-likeness (QED) is 0.192. The second-order valence-corrected chi connectivity index (χ2v) is 5.36. The highest BCUT2D eigenvalue weighted by atomic mass is 79.9. The van der Waals surface area contributed by atoms with Gasteiger partial charge in [0.1, 0.15) is 12.1 Å². The molecule has 0 spiro atoms. The van der Waals surface area contributed by atoms with Gasteiger partial charge in [0, 0.05) is 0 Å². The summed E-state index contributed by atoms with van der Waals surface area (Å²) in [7, 11) is 0. The minimum absolute atomic E-state index is 0.0309. The number of amides is 4. The molecule has 142 valence electrons. The summed E-state index contributed by atoms with van der Waals surface area (Å²) < 4.78 is 0. The largest absolute Gasteiger partial charge is 0.480 e. The lowest BCUT2D eigenvalue weighted by Gasteiger charge is -2.19. The standard InChI is InChI=1S/C13H21BrN4O7/c1-2-7(13(24)25)18-12(23)8(6-19)17-11(22)5-16-10(21)4-15-9(20)3-14/h7-8,19H,2-6H2,1H3,(H,15,20)(H,16,21)(H,17,22)(H,18,23)(H,24,25)/t7-,8-/m0/s1. The lowest BCUT2D eigenvalue weighted by Crippen LogP contribution is -2.54. The van der Waals surface area contributed by atoms with Gasteiger partial charge in [-0.1, -0.05) is 22.9 Å². The molecule has 0 unspecified atom stereocenters. The number of alkyl halides is 1. The molecule has 0 aliphatic heterocycles. The molecule has 0 radical (unpaired) electrons. The summed E-state index contributed by atoms with van der Waals surface area (Å²) in [4.78, 5) is 56.7. The third kappa shape index (κ3) is 9.62. The van der Waals surface area contributed by atoms with E-state index in [0.29, 0.717) is 0 Å². The van der Waals surface area contributed by atoms with Gasteiger partial charge in [0.05, 0.1) is 25.0 Å². The van der Waals surface area contributed by atoms with Crippen molar-refractivity contribution in [2.45, 2.75) is 25.4 Å². The summed E-state index contributed by atoms with van der Waals surface area (Å²) >= 11 is 2.90. The van der Waals surface area contributed by atoms with E-state index in [0.717, 1.165) is 0 Å². The molecular weight excluding hydrogens is 404 g/mol. The minimum Gasteiger partial charge on any atom is -0.480 e. The fourth-order valence-corrected chi connectivity index (χ4v) is 1.72. The van der Waals surface area contributed by atoms with Crippen LogP contribution in [0.5, 0.6) is 0 Å². The number of rotatable bonds is 11. The lowest BCUT2D eigenvalue weighted by atomic mass is 10.2. The van der Waals surface area contributed by atoms with E-state index in [1.165, 1.54) is 0 Å². The van der Waals surface area contributed by atoms with Crippen molar-refractivity contribution in [3.05, 3.63) is 0 Å². The van der Waals surface area contributed by atoms with Crippen LogP contribution in [0.25, 0.3) is 0 Å². The zero-order valence-corrected chi connectivity index (χ0v) is 15.1. The SMILES string of the molecule is CC[C@H](NC(=O)[C@H](CO)NC(=O)CNC(=O)CNC(=O)CBr)C(=O)O. The molecule has 0 saturated carbocycles. The van der Waals surface area contributed by atoms with Crippen LogP contribution < -0.4 is 21.3 Å². The first kappa shape index (κ1) is 22.8. The molecule has 0 rings (SSSR count). The summed E-state index contributed by atoms with van der Waals surface area (Å²) in [6.45, 7) is -0.000266. The molecule has 0 heterocycles. The number of aliphatic hydroxyl groups is 1. The van der Waals surface area contributed by atoms with Gasteiger partial charge in [-0.05, 0) is 6.42 Å². The summed E-state index contributed by atoms with van der Waals surface area (Å²) in [5.74, 6) is -3.89. The van der Waals surface area contributed by atoms with Crippen LogP contribution in [0.4, 0.5) is 0 Å². The number of aliphatic carboxylic acids is 1. The lowest BCUT2D eigenvalue weighted by molar-refractivity contribution is -0.142. The van der Waals surface area contributed by atoms with Crippen molar-refractivity contribution in [3.8, 4) is 0 Å². The van der Waals surface area contributed by atoms with Crippen molar-refractivity contribution in [3.63, 3.8) is 0 Å². The number of carbonyl (C=O) groups excluding carboxylic acids is 4. The van der Waals surface area contributed by atoms with Gasteiger partial charge in [-0.15, -0.1) is 0 Å². The molecular formula is C13H21BrN4O7. The van der Waals surface area contributed by atoms with E-state index >= 15 is 0 Å². The van der Waals surface area contributed by atoms with Crippen LogP contribution in [0, 0.1) is 0 Å². The molecule has 0 bridgehead atoms. The monoisotopic (exact) mass is 424 g/mol. The van der Waals surface area contributed by atoms with Crippen molar-refractivity contribution >= 4 is 45.5 Å². The first-order valence-electron chi connectivity index (χ1n) is 7.27. The maximum atomic E-state index is 11.8. The summed E-state index contributed by atoms with van der Waals surface area (Å²) in [5.41, 5.74) is 0. The number of aliphatic hydroxyl groups excluding tert-OH is 1. The van der Waals surface area contributed by atoms with Crippen LogP contribution >= 0.6 is 15.9 Å². The number of carbonyl (C=O) groups is 5. The van der Waals surface area contributed by atoms with Gasteiger partial charge >= 0.3 is 5.97 Å². The zero-order chi connectivity index (χ0) is 19.4. The normalized spacial score (nSPS) is 12.4. The molecule has 2 atom stereocenters. The van der Waals surface area contributed by atoms with E-state index < -0.39 is 54.8 Å². The van der Waals surface area contributed by atoms with E-state index in [4.69, 9.17) is 10.2 Å². The van der Waals surface area contributed by atoms with Crippen LogP contribution in [-0.4, -0.2) is 76.9 Å². The third-order valence-corrected chi connectivity index (χ3v) is 3.38. The molecule has 4 amide bonds. The average Bonchev–Trinajstić information content (AvgIpc) is 2.59. The first-order valence-corrected chi connectivity index (χ1v) is 8.40. The van der Waals surface area contributed by atoms with Crippen LogP contribution in [0.3, 0.4) is 0 Å². The van der Waals surface area contributed by atoms with Crippen LogP contribution in [0.2, 0.25) is 0 Å². The predicted molar refractivity (Wildman–Crippen MR) is 88.7 cm³/mol. The van der Waals surface area contributed by atoms with Crippen molar-refractivity contribution in [2.24, 2.45) is 0 Å². The molecule has 11 nitrogen and oxygen atoms in total. The summed E-state index contributed by atoms with van der Waals surface area (Å²) in [5, 5.41) is 26.9. The van der Waals surface area contributed by atoms with E-state index in [1.54, 1.807) is 6.92 Å². The Morgan fingerprint density at radius 3 is 1.96 bits per heavy atom. The molecule has 0 aromatic carbocycles. The van der Waals surface area contributed by atoms with Crippen LogP contribution in [-0.2, 0) is 24.0 Å². The van der Waals surface area contributed by atoms with Gasteiger partial charge in [0.15, 0.2) is 0 Å². The molecule has 6 N–H and O–H groups in total. The highest BCUT2D eigenvalue weighted by Crippen LogP contribution is 1.93. The Hall–Kier alpha value is -2.21. The van der Waals surface area contributed by atoms with E-state index in [1.807, 2.05) is 0 Å². The van der Waals surface area contributed by atoms with Gasteiger partial charge in [0.2, 0.25) is 23.6 Å². The highest BCUT2D eigenvalue weighted by Gasteiger charge is 2.25. The molecule has 0 fully saturated rings. The molecule has 0 saturated heterocycles. The topological polar surface area (TPSA) is 174 Å². The molecule has 12 heteroatoms. The Labute approximate surface area is 152 Å². The van der Waals surface area contributed by atoms with E-state index in [2.05, 4.69) is 37.2 Å². The second kappa shape index (κ2) is 12.2. The van der Waals surface area contributed by atoms with Crippen molar-refractivity contribution in [1.29, 1.82) is 0 Å². The van der Waals surface area contributed by atoms with Gasteiger partial charge in [-0.3, -0.25) is 19.2 Å². The van der Waals surface area contributed by atoms with Crippen molar-refractivity contribution < 1.29 is 34.2 Å². The van der Waals surface area contributed by atoms with Gasteiger partial charge in [-0.2, -0.15) is 0 Å². The Morgan fingerprint density at radius 2 is 1.48 bits per heavy atom. The third-order valence-electron chi connectivity index (χ3n) is 2.87. The zero-order valence-electron chi connectivity index (χ0n) is 13.5. The Bertz CT molecular complexity index is 515. The number of carboxylic acid groups (broad SMARTS) is 1. The smallest absolute Gasteiger partial charge is 0.326 e. The average molecular weight is 425 g/mol. The highest BCUT2D eigenvalue weighted by molar-refractivity contribution is 9.09. The fraction of sp³-hybridized carbons (Fsp3) is 0.615. The maximum absolute atomic E-state index is 11.8. The van der Waals surface area contributed by atoms with Crippen molar-refractivity contribution in [1.82, 2.24) is 21.3 Å². The first-order chi connectivity index (χ1) is 11.7. The number of hydrogen-bond donors (Lipinski definition) is 6. The summed E-state index contributed by atoms with van der Waals surface area (Å²) in [6.07, 6.45) is 0.128. The Morgan fingerprint density at radius 1 is 0.920 bits per heavy atom. The number of carboxylic acids is 1. The summed E-state index contributed by atoms with van der Waals surface area (Å²) in [6, 6.07) is -2.50. The van der Waals surface area contributed by atoms with Crippen LogP contribution in [0.15, 0.2) is 0 Å². The van der Waals surface area contributed by atoms with Crippen molar-refractivity contribution in [2.75, 3.05) is 25.0 Å². The van der Waals surface area contributed by atoms with E-state index in [-0.39, 0.29) is 18.3 Å². The van der Waals surface area contributed by atoms with Crippen LogP contribution in [0.1, 0.15) is 13.3 Å². The number of halogens is 1. The molecule has 0 aliphatic carbocycles. The number of hydrogen-bond acceptors (Lipinski definition) is 6. The number of nitrogens with one attached hydrogen (secondary N) is 4. The molecule has 0 aromatic rings. The Kier molecular flexibility index (Phi) is 11.1. The second-order valence-electron chi connectivity index (χ2n) is 4.80.